The molecule has 5 nitrogen and oxygen atoms in total. The van der Waals surface area contributed by atoms with E-state index < -0.39 is 5.60 Å². The second kappa shape index (κ2) is 8.56. The van der Waals surface area contributed by atoms with E-state index in [1.165, 1.54) is 0 Å². The Morgan fingerprint density at radius 2 is 1.81 bits per heavy atom. The number of nitrogens with zero attached hydrogens (tertiary/aromatic N) is 1. The van der Waals surface area contributed by atoms with Crippen LogP contribution in [0.1, 0.15) is 53.7 Å². The Labute approximate surface area is 219 Å². The van der Waals surface area contributed by atoms with E-state index in [0.29, 0.717) is 22.8 Å². The van der Waals surface area contributed by atoms with Crippen molar-refractivity contribution in [2.24, 2.45) is 0 Å². The topological polar surface area (TPSA) is 48.0 Å². The van der Waals surface area contributed by atoms with Gasteiger partial charge in [0.2, 0.25) is 0 Å². The van der Waals surface area contributed by atoms with Crippen molar-refractivity contribution in [1.29, 1.82) is 0 Å². The van der Waals surface area contributed by atoms with Crippen LogP contribution < -0.4 is 14.4 Å². The summed E-state index contributed by atoms with van der Waals surface area (Å²) in [7, 11) is 2.05. The molecule has 0 saturated heterocycles. The first-order valence-corrected chi connectivity index (χ1v) is 12.9. The molecule has 6 rings (SSSR count). The maximum absolute atomic E-state index is 13.1. The van der Waals surface area contributed by atoms with E-state index in [0.717, 1.165) is 45.4 Å². The summed E-state index contributed by atoms with van der Waals surface area (Å²) in [6, 6.07) is 17.5. The molecule has 1 spiro atoms. The molecule has 182 valence electrons. The summed E-state index contributed by atoms with van der Waals surface area (Å²) in [5.74, 6) is 1.57. The van der Waals surface area contributed by atoms with Crippen molar-refractivity contribution in [1.82, 2.24) is 0 Å². The summed E-state index contributed by atoms with van der Waals surface area (Å²) < 4.78 is 19.6. The van der Waals surface area contributed by atoms with E-state index in [1.54, 1.807) is 0 Å². The van der Waals surface area contributed by atoms with E-state index in [9.17, 15) is 4.79 Å². The van der Waals surface area contributed by atoms with Gasteiger partial charge in [-0.15, -0.1) is 0 Å². The third kappa shape index (κ3) is 3.46. The molecule has 1 atom stereocenters. The average Bonchev–Trinajstić information content (AvgIpc) is 3.18. The second-order valence-electron chi connectivity index (χ2n) is 9.51. The summed E-state index contributed by atoms with van der Waals surface area (Å²) in [6.07, 6.45) is 8.64. The van der Waals surface area contributed by atoms with E-state index in [-0.39, 0.29) is 12.1 Å². The number of ether oxygens (including phenoxy) is 3. The van der Waals surface area contributed by atoms with Crippen LogP contribution >= 0.6 is 15.9 Å². The highest BCUT2D eigenvalue weighted by molar-refractivity contribution is 9.10. The van der Waals surface area contributed by atoms with Gasteiger partial charge in [-0.2, -0.15) is 0 Å². The number of carbonyl (C=O) groups excluding carboxylic acids is 1. The van der Waals surface area contributed by atoms with E-state index in [2.05, 4.69) is 45.1 Å². The minimum Gasteiger partial charge on any atom is -0.490 e. The third-order valence-electron chi connectivity index (χ3n) is 6.86. The van der Waals surface area contributed by atoms with Gasteiger partial charge in [-0.3, -0.25) is 0 Å². The van der Waals surface area contributed by atoms with Gasteiger partial charge in [0.05, 0.1) is 16.1 Å². The molecule has 1 aliphatic carbocycles. The smallest absolute Gasteiger partial charge is 0.340 e. The van der Waals surface area contributed by atoms with Crippen LogP contribution in [-0.2, 0) is 10.3 Å². The van der Waals surface area contributed by atoms with Gasteiger partial charge in [-0.05, 0) is 73.0 Å². The predicted molar refractivity (Wildman–Crippen MR) is 143 cm³/mol. The molecule has 6 heteroatoms. The first-order chi connectivity index (χ1) is 17.4. The van der Waals surface area contributed by atoms with Crippen LogP contribution in [0.4, 0.5) is 5.69 Å². The van der Waals surface area contributed by atoms with Crippen molar-refractivity contribution in [2.45, 2.75) is 38.4 Å². The van der Waals surface area contributed by atoms with Gasteiger partial charge < -0.3 is 19.1 Å². The Hall–Kier alpha value is -3.51. The lowest BCUT2D eigenvalue weighted by Gasteiger charge is -2.37. The lowest BCUT2D eigenvalue weighted by Crippen LogP contribution is -2.33. The standard InChI is InChI=1S/C30H26BrNO4/c1-18(2)34-28-17-27-24(16-25(28)31)30(22-12-8-7-11-21(22)29(33)36-30)23-14-13-20(15-26(23)35-27)32(3)19-9-5-4-6-10-19/h5,7-18H,4,6H2,1-3H3. The number of hydrogen-bond acceptors (Lipinski definition) is 5. The molecule has 1 unspecified atom stereocenters. The van der Waals surface area contributed by atoms with Gasteiger partial charge in [0.1, 0.15) is 17.2 Å². The Kier molecular flexibility index (Phi) is 5.45. The van der Waals surface area contributed by atoms with Gasteiger partial charge in [0, 0.05) is 47.3 Å². The van der Waals surface area contributed by atoms with Crippen LogP contribution in [0.25, 0.3) is 0 Å². The summed E-state index contributed by atoms with van der Waals surface area (Å²) in [4.78, 5) is 15.3. The molecule has 0 radical (unpaired) electrons. The number of esters is 1. The van der Waals surface area contributed by atoms with E-state index in [4.69, 9.17) is 14.2 Å². The lowest BCUT2D eigenvalue weighted by molar-refractivity contribution is 0.0224. The molecular weight excluding hydrogens is 518 g/mol. The fourth-order valence-corrected chi connectivity index (χ4v) is 5.65. The van der Waals surface area contributed by atoms with Gasteiger partial charge >= 0.3 is 5.97 Å². The highest BCUT2D eigenvalue weighted by atomic mass is 79.9. The van der Waals surface area contributed by atoms with Crippen LogP contribution in [0.5, 0.6) is 17.2 Å². The average molecular weight is 544 g/mol. The van der Waals surface area contributed by atoms with Gasteiger partial charge in [0.15, 0.2) is 5.60 Å². The molecular formula is C30H26BrNO4. The van der Waals surface area contributed by atoms with Crippen LogP contribution in [0, 0.1) is 0 Å². The predicted octanol–water partition coefficient (Wildman–Crippen LogP) is 7.47. The van der Waals surface area contributed by atoms with E-state index >= 15 is 0 Å². The van der Waals surface area contributed by atoms with Crippen molar-refractivity contribution in [3.8, 4) is 17.2 Å². The number of likely N-dealkylation sites (N-methyl/N-ethyl adjacent to an activating group) is 1. The number of fused-ring (bicyclic) bond motifs is 6. The van der Waals surface area contributed by atoms with Crippen molar-refractivity contribution >= 4 is 27.6 Å². The van der Waals surface area contributed by atoms with Gasteiger partial charge in [-0.1, -0.05) is 30.4 Å². The maximum Gasteiger partial charge on any atom is 0.340 e. The first-order valence-electron chi connectivity index (χ1n) is 12.1. The number of carbonyl (C=O) groups is 1. The molecule has 3 aromatic rings. The van der Waals surface area contributed by atoms with Crippen LogP contribution in [-0.4, -0.2) is 19.1 Å². The molecule has 36 heavy (non-hydrogen) atoms. The number of hydrogen-bond donors (Lipinski definition) is 0. The fourth-order valence-electron chi connectivity index (χ4n) is 5.21. The molecule has 3 aromatic carbocycles. The Bertz CT molecular complexity index is 1460. The minimum absolute atomic E-state index is 0.00806. The summed E-state index contributed by atoms with van der Waals surface area (Å²) in [5, 5.41) is 0. The van der Waals surface area contributed by atoms with Gasteiger partial charge in [-0.25, -0.2) is 4.79 Å². The molecule has 0 N–H and O–H groups in total. The Morgan fingerprint density at radius 3 is 2.58 bits per heavy atom. The van der Waals surface area contributed by atoms with Crippen LogP contribution in [0.3, 0.4) is 0 Å². The van der Waals surface area contributed by atoms with Crippen molar-refractivity contribution in [3.63, 3.8) is 0 Å². The second-order valence-corrected chi connectivity index (χ2v) is 10.4. The molecule has 2 aliphatic heterocycles. The highest BCUT2D eigenvalue weighted by Crippen LogP contribution is 2.58. The Balaban J connectivity index is 1.56. The molecule has 0 amide bonds. The monoisotopic (exact) mass is 543 g/mol. The van der Waals surface area contributed by atoms with Crippen molar-refractivity contribution < 1.29 is 19.0 Å². The minimum atomic E-state index is -1.11. The molecule has 0 bridgehead atoms. The zero-order chi connectivity index (χ0) is 25.0. The highest BCUT2D eigenvalue weighted by Gasteiger charge is 2.53. The zero-order valence-corrected chi connectivity index (χ0v) is 22.0. The summed E-state index contributed by atoms with van der Waals surface area (Å²) in [5.41, 5.74) is 3.94. The maximum atomic E-state index is 13.1. The quantitative estimate of drug-likeness (QED) is 0.319. The number of halogens is 1. The van der Waals surface area contributed by atoms with E-state index in [1.807, 2.05) is 69.4 Å². The fraction of sp³-hybridized carbons (Fsp3) is 0.233. The largest absolute Gasteiger partial charge is 0.490 e. The van der Waals surface area contributed by atoms with Crippen LogP contribution in [0.15, 0.2) is 83.0 Å². The number of rotatable bonds is 4. The van der Waals surface area contributed by atoms with Crippen LogP contribution in [0.2, 0.25) is 0 Å². The SMILES string of the molecule is CC(C)Oc1cc2c(cc1Br)C1(OC(=O)c3ccccc31)c1ccc(N(C)C3=CCCC=C3)cc1O2. The number of allylic oxidation sites excluding steroid dienone is 3. The molecule has 0 fully saturated rings. The molecule has 0 saturated carbocycles. The Morgan fingerprint density at radius 1 is 1.00 bits per heavy atom. The lowest BCUT2D eigenvalue weighted by atomic mass is 9.77. The summed E-state index contributed by atoms with van der Waals surface area (Å²) >= 11 is 3.66. The molecule has 2 heterocycles. The first kappa shape index (κ1) is 22.9. The summed E-state index contributed by atoms with van der Waals surface area (Å²) in [6.45, 7) is 3.96. The van der Waals surface area contributed by atoms with Crippen molar-refractivity contribution in [3.05, 3.63) is 105 Å². The molecule has 0 aromatic heterocycles. The van der Waals surface area contributed by atoms with Gasteiger partial charge in [0.25, 0.3) is 0 Å². The normalized spacial score (nSPS) is 19.2. The third-order valence-corrected chi connectivity index (χ3v) is 7.48. The molecule has 3 aliphatic rings. The zero-order valence-electron chi connectivity index (χ0n) is 20.4. The van der Waals surface area contributed by atoms with Crippen molar-refractivity contribution in [2.75, 3.05) is 11.9 Å². The number of anilines is 1. The number of benzene rings is 3.